The van der Waals surface area contributed by atoms with Gasteiger partial charge in [-0.25, -0.2) is 4.98 Å². The number of benzene rings is 1. The van der Waals surface area contributed by atoms with Gasteiger partial charge < -0.3 is 19.7 Å². The monoisotopic (exact) mass is 381 g/mol. The number of nitrogens with zero attached hydrogens (tertiary/aromatic N) is 4. The van der Waals surface area contributed by atoms with Gasteiger partial charge in [-0.15, -0.1) is 0 Å². The number of hydrogen-bond acceptors (Lipinski definition) is 7. The number of nitrogens with one attached hydrogen (secondary N) is 1. The van der Waals surface area contributed by atoms with E-state index in [9.17, 15) is 0 Å². The summed E-state index contributed by atoms with van der Waals surface area (Å²) in [6.45, 7) is 7.14. The Kier molecular flexibility index (Phi) is 5.01. The van der Waals surface area contributed by atoms with Crippen LogP contribution in [0.1, 0.15) is 17.5 Å². The van der Waals surface area contributed by atoms with Crippen LogP contribution < -0.4 is 15.0 Å². The Morgan fingerprint density at radius 2 is 2.04 bits per heavy atom. The smallest absolute Gasteiger partial charge is 0.227 e. The fourth-order valence-corrected chi connectivity index (χ4v) is 4.24. The van der Waals surface area contributed by atoms with Crippen LogP contribution >= 0.6 is 0 Å². The molecule has 0 saturated carbocycles. The van der Waals surface area contributed by atoms with Crippen molar-refractivity contribution >= 4 is 11.8 Å². The Hall–Kier alpha value is -2.38. The second-order valence-electron chi connectivity index (χ2n) is 7.75. The molecule has 0 amide bonds. The van der Waals surface area contributed by atoms with E-state index in [0.717, 1.165) is 82.9 Å². The third-order valence-corrected chi connectivity index (χ3v) is 5.72. The van der Waals surface area contributed by atoms with Gasteiger partial charge in [0.2, 0.25) is 5.95 Å². The summed E-state index contributed by atoms with van der Waals surface area (Å²) in [6.07, 6.45) is 4.01. The van der Waals surface area contributed by atoms with E-state index in [-0.39, 0.29) is 0 Å². The average Bonchev–Trinajstić information content (AvgIpc) is 3.38. The molecule has 0 spiro atoms. The van der Waals surface area contributed by atoms with Gasteiger partial charge in [-0.1, -0.05) is 12.1 Å². The first-order valence-corrected chi connectivity index (χ1v) is 10.2. The highest BCUT2D eigenvalue weighted by atomic mass is 16.5. The number of fused-ring (bicyclic) bond motifs is 1. The van der Waals surface area contributed by atoms with Gasteiger partial charge in [0.15, 0.2) is 0 Å². The molecular weight excluding hydrogens is 354 g/mol. The molecule has 0 bridgehead atoms. The van der Waals surface area contributed by atoms with Crippen molar-refractivity contribution in [3.8, 4) is 5.75 Å². The van der Waals surface area contributed by atoms with E-state index in [1.807, 2.05) is 12.3 Å². The van der Waals surface area contributed by atoms with E-state index < -0.39 is 0 Å². The SMILES string of the molecule is c1cc(NC2CCN(Cc3ccc4c(c3)CCO4)C2)nc(N2CCOCC2)n1. The Morgan fingerprint density at radius 3 is 2.96 bits per heavy atom. The molecule has 7 nitrogen and oxygen atoms in total. The molecule has 28 heavy (non-hydrogen) atoms. The summed E-state index contributed by atoms with van der Waals surface area (Å²) < 4.78 is 11.0. The number of likely N-dealkylation sites (tertiary alicyclic amines) is 1. The normalized spacial score (nSPS) is 22.1. The minimum Gasteiger partial charge on any atom is -0.493 e. The molecule has 1 aromatic carbocycles. The van der Waals surface area contributed by atoms with Gasteiger partial charge >= 0.3 is 0 Å². The average molecular weight is 381 g/mol. The highest BCUT2D eigenvalue weighted by molar-refractivity contribution is 5.43. The van der Waals surface area contributed by atoms with Crippen molar-refractivity contribution in [3.05, 3.63) is 41.6 Å². The lowest BCUT2D eigenvalue weighted by Gasteiger charge is -2.27. The summed E-state index contributed by atoms with van der Waals surface area (Å²) in [5, 5.41) is 3.61. The van der Waals surface area contributed by atoms with Gasteiger partial charge in [-0.3, -0.25) is 4.90 Å². The van der Waals surface area contributed by atoms with Crippen LogP contribution in [-0.4, -0.2) is 66.9 Å². The number of anilines is 2. The fraction of sp³-hybridized carbons (Fsp3) is 0.524. The molecule has 2 aromatic rings. The van der Waals surface area contributed by atoms with E-state index in [0.29, 0.717) is 6.04 Å². The molecule has 1 aromatic heterocycles. The summed E-state index contributed by atoms with van der Waals surface area (Å²) in [4.78, 5) is 13.9. The zero-order valence-electron chi connectivity index (χ0n) is 16.1. The maximum atomic E-state index is 5.61. The van der Waals surface area contributed by atoms with Crippen LogP contribution in [-0.2, 0) is 17.7 Å². The topological polar surface area (TPSA) is 62.8 Å². The van der Waals surface area contributed by atoms with E-state index >= 15 is 0 Å². The summed E-state index contributed by atoms with van der Waals surface area (Å²) in [6, 6.07) is 9.02. The molecule has 3 aliphatic rings. The Balaban J connectivity index is 1.17. The molecule has 2 saturated heterocycles. The number of aromatic nitrogens is 2. The highest BCUT2D eigenvalue weighted by Crippen LogP contribution is 2.27. The Bertz CT molecular complexity index is 824. The molecule has 1 unspecified atom stereocenters. The van der Waals surface area contributed by atoms with Crippen LogP contribution in [0.2, 0.25) is 0 Å². The van der Waals surface area contributed by atoms with Crippen molar-refractivity contribution in [3.63, 3.8) is 0 Å². The first-order chi connectivity index (χ1) is 13.8. The molecule has 1 atom stereocenters. The predicted octanol–water partition coefficient (Wildman–Crippen LogP) is 1.93. The van der Waals surface area contributed by atoms with Crippen LogP contribution in [0.5, 0.6) is 5.75 Å². The number of morpholine rings is 1. The fourth-order valence-electron chi connectivity index (χ4n) is 4.24. The Morgan fingerprint density at radius 1 is 1.11 bits per heavy atom. The van der Waals surface area contributed by atoms with Crippen molar-refractivity contribution in [2.75, 3.05) is 56.2 Å². The summed E-state index contributed by atoms with van der Waals surface area (Å²) >= 11 is 0. The van der Waals surface area contributed by atoms with E-state index in [1.54, 1.807) is 0 Å². The van der Waals surface area contributed by atoms with Gasteiger partial charge in [0.05, 0.1) is 19.8 Å². The van der Waals surface area contributed by atoms with Gasteiger partial charge in [-0.05, 0) is 29.7 Å². The maximum Gasteiger partial charge on any atom is 0.227 e. The molecule has 148 valence electrons. The lowest BCUT2D eigenvalue weighted by molar-refractivity contribution is 0.122. The number of hydrogen-bond donors (Lipinski definition) is 1. The first-order valence-electron chi connectivity index (χ1n) is 10.2. The van der Waals surface area contributed by atoms with Crippen LogP contribution in [0, 0.1) is 0 Å². The molecule has 4 heterocycles. The quantitative estimate of drug-likeness (QED) is 0.849. The molecule has 1 N–H and O–H groups in total. The van der Waals surface area contributed by atoms with Crippen LogP contribution in [0.4, 0.5) is 11.8 Å². The largest absolute Gasteiger partial charge is 0.493 e. The molecule has 0 radical (unpaired) electrons. The van der Waals surface area contributed by atoms with Crippen LogP contribution in [0.15, 0.2) is 30.5 Å². The summed E-state index contributed by atoms with van der Waals surface area (Å²) in [5.74, 6) is 2.77. The molecule has 0 aliphatic carbocycles. The zero-order chi connectivity index (χ0) is 18.8. The van der Waals surface area contributed by atoms with Gasteiger partial charge in [0, 0.05) is 51.4 Å². The van der Waals surface area contributed by atoms with Crippen molar-refractivity contribution in [2.45, 2.75) is 25.4 Å². The molecular formula is C21H27N5O2. The van der Waals surface area contributed by atoms with Crippen LogP contribution in [0.25, 0.3) is 0 Å². The van der Waals surface area contributed by atoms with Gasteiger partial charge in [0.25, 0.3) is 0 Å². The van der Waals surface area contributed by atoms with Crippen molar-refractivity contribution in [1.82, 2.24) is 14.9 Å². The van der Waals surface area contributed by atoms with E-state index in [4.69, 9.17) is 14.5 Å². The van der Waals surface area contributed by atoms with Crippen molar-refractivity contribution in [1.29, 1.82) is 0 Å². The minimum atomic E-state index is 0.421. The third-order valence-electron chi connectivity index (χ3n) is 5.72. The number of rotatable bonds is 5. The third kappa shape index (κ3) is 3.91. The van der Waals surface area contributed by atoms with Gasteiger partial charge in [-0.2, -0.15) is 4.98 Å². The maximum absolute atomic E-state index is 5.61. The highest BCUT2D eigenvalue weighted by Gasteiger charge is 2.24. The van der Waals surface area contributed by atoms with Gasteiger partial charge in [0.1, 0.15) is 11.6 Å². The number of ether oxygens (including phenoxy) is 2. The molecule has 5 rings (SSSR count). The predicted molar refractivity (Wildman–Crippen MR) is 108 cm³/mol. The molecule has 7 heteroatoms. The van der Waals surface area contributed by atoms with E-state index in [2.05, 4.69) is 38.3 Å². The zero-order valence-corrected chi connectivity index (χ0v) is 16.1. The Labute approximate surface area is 165 Å². The minimum absolute atomic E-state index is 0.421. The summed E-state index contributed by atoms with van der Waals surface area (Å²) in [7, 11) is 0. The standard InChI is InChI=1S/C21H27N5O2/c1-2-19-17(5-10-28-19)13-16(1)14-25-7-4-18(15-25)23-20-3-6-22-21(24-20)26-8-11-27-12-9-26/h1-3,6,13,18H,4-5,7-12,14-15H2,(H,22,23,24). The second-order valence-corrected chi connectivity index (χ2v) is 7.75. The molecule has 3 aliphatic heterocycles. The van der Waals surface area contributed by atoms with Crippen molar-refractivity contribution < 1.29 is 9.47 Å². The second kappa shape index (κ2) is 7.93. The molecule has 2 fully saturated rings. The summed E-state index contributed by atoms with van der Waals surface area (Å²) in [5.41, 5.74) is 2.73. The van der Waals surface area contributed by atoms with E-state index in [1.165, 1.54) is 11.1 Å². The lowest BCUT2D eigenvalue weighted by Crippen LogP contribution is -2.37. The lowest BCUT2D eigenvalue weighted by atomic mass is 10.1. The van der Waals surface area contributed by atoms with Crippen LogP contribution in [0.3, 0.4) is 0 Å². The first kappa shape index (κ1) is 17.7. The van der Waals surface area contributed by atoms with Crippen molar-refractivity contribution in [2.24, 2.45) is 0 Å².